The molecule has 36 heavy (non-hydrogen) atoms. The number of hydrogen-bond acceptors (Lipinski definition) is 8. The molecule has 0 saturated heterocycles. The summed E-state index contributed by atoms with van der Waals surface area (Å²) in [6.45, 7) is 1.80. The van der Waals surface area contributed by atoms with E-state index in [2.05, 4.69) is 10.3 Å². The van der Waals surface area contributed by atoms with Crippen LogP contribution in [0.5, 0.6) is 5.75 Å². The van der Waals surface area contributed by atoms with Gasteiger partial charge in [0, 0.05) is 15.8 Å². The average Bonchev–Trinajstić information content (AvgIpc) is 3.47. The number of aryl methyl sites for hydroxylation is 1. The molecule has 0 aliphatic heterocycles. The Hall–Kier alpha value is -3.50. The maximum atomic E-state index is 13.4. The van der Waals surface area contributed by atoms with E-state index in [1.54, 1.807) is 14.0 Å². The van der Waals surface area contributed by atoms with E-state index < -0.39 is 11.9 Å². The lowest BCUT2D eigenvalue weighted by molar-refractivity contribution is -0.116. The predicted octanol–water partition coefficient (Wildman–Crippen LogP) is 4.89. The number of esters is 1. The molecule has 0 unspecified atom stereocenters. The van der Waals surface area contributed by atoms with Crippen LogP contribution in [0.25, 0.3) is 21.3 Å². The summed E-state index contributed by atoms with van der Waals surface area (Å²) in [6, 6.07) is 7.45. The molecule has 0 spiro atoms. The Kier molecular flexibility index (Phi) is 6.88. The lowest BCUT2D eigenvalue weighted by Crippen LogP contribution is -2.28. The van der Waals surface area contributed by atoms with Gasteiger partial charge in [-0.15, -0.1) is 22.7 Å². The first kappa shape index (κ1) is 24.2. The van der Waals surface area contributed by atoms with Gasteiger partial charge in [-0.05, 0) is 55.9 Å². The minimum atomic E-state index is -0.421. The van der Waals surface area contributed by atoms with Crippen molar-refractivity contribution in [1.82, 2.24) is 9.55 Å². The fourth-order valence-electron chi connectivity index (χ4n) is 4.46. The number of aromatic nitrogens is 2. The molecule has 1 N–H and O–H groups in total. The highest BCUT2D eigenvalue weighted by Crippen LogP contribution is 2.38. The number of hydrogen-bond donors (Lipinski definition) is 1. The lowest BCUT2D eigenvalue weighted by Gasteiger charge is -2.12. The highest BCUT2D eigenvalue weighted by Gasteiger charge is 2.27. The van der Waals surface area contributed by atoms with Crippen molar-refractivity contribution in [2.75, 3.05) is 19.0 Å². The molecule has 0 saturated carbocycles. The predicted molar refractivity (Wildman–Crippen MR) is 141 cm³/mol. The molecule has 3 heterocycles. The average molecular weight is 524 g/mol. The number of nitrogens with zero attached hydrogens (tertiary/aromatic N) is 2. The quantitative estimate of drug-likeness (QED) is 0.346. The summed E-state index contributed by atoms with van der Waals surface area (Å²) in [7, 11) is 1.60. The van der Waals surface area contributed by atoms with Crippen molar-refractivity contribution >= 4 is 49.8 Å². The number of anilines is 1. The Bertz CT molecular complexity index is 1500. The fourth-order valence-corrected chi connectivity index (χ4v) is 6.66. The van der Waals surface area contributed by atoms with Crippen LogP contribution in [0.4, 0.5) is 5.00 Å². The molecule has 1 amide bonds. The third-order valence-corrected chi connectivity index (χ3v) is 8.27. The highest BCUT2D eigenvalue weighted by molar-refractivity contribution is 7.17. The van der Waals surface area contributed by atoms with Crippen LogP contribution in [0.15, 0.2) is 40.8 Å². The molecule has 0 bridgehead atoms. The topological polar surface area (TPSA) is 99.5 Å². The van der Waals surface area contributed by atoms with Crippen LogP contribution in [0.2, 0.25) is 0 Å². The largest absolute Gasteiger partial charge is 0.497 e. The maximum absolute atomic E-state index is 13.4. The van der Waals surface area contributed by atoms with Crippen LogP contribution in [-0.2, 0) is 28.9 Å². The zero-order chi connectivity index (χ0) is 25.2. The third-order valence-electron chi connectivity index (χ3n) is 6.18. The molecule has 4 aromatic rings. The van der Waals surface area contributed by atoms with Gasteiger partial charge in [0.1, 0.15) is 22.1 Å². The number of amides is 1. The second-order valence-electron chi connectivity index (χ2n) is 8.42. The summed E-state index contributed by atoms with van der Waals surface area (Å²) < 4.78 is 11.8. The zero-order valence-corrected chi connectivity index (χ0v) is 21.6. The van der Waals surface area contributed by atoms with Crippen molar-refractivity contribution in [1.29, 1.82) is 0 Å². The standard InChI is InChI=1S/C26H25N3O5S2/c1-3-34-26(32)22-17-6-4-5-7-19(17)36-24(22)28-20(30)12-29-14-27-23-21(25(29)31)18(13-35-23)15-8-10-16(33-2)11-9-15/h8-11,13-14H,3-7,12H2,1-2H3,(H,28,30). The smallest absolute Gasteiger partial charge is 0.341 e. The number of carbonyl (C=O) groups excluding carboxylic acids is 2. The van der Waals surface area contributed by atoms with Gasteiger partial charge in [0.2, 0.25) is 5.91 Å². The number of rotatable bonds is 7. The Morgan fingerprint density at radius 1 is 1.17 bits per heavy atom. The summed E-state index contributed by atoms with van der Waals surface area (Å²) in [5.41, 5.74) is 2.76. The molecule has 0 atom stereocenters. The van der Waals surface area contributed by atoms with E-state index in [-0.39, 0.29) is 18.7 Å². The van der Waals surface area contributed by atoms with E-state index in [1.807, 2.05) is 29.6 Å². The van der Waals surface area contributed by atoms with Crippen molar-refractivity contribution in [2.24, 2.45) is 0 Å². The summed E-state index contributed by atoms with van der Waals surface area (Å²) in [6.07, 6.45) is 5.13. The molecule has 5 rings (SSSR count). The summed E-state index contributed by atoms with van der Waals surface area (Å²) in [4.78, 5) is 45.2. The zero-order valence-electron chi connectivity index (χ0n) is 20.0. The van der Waals surface area contributed by atoms with E-state index in [4.69, 9.17) is 9.47 Å². The van der Waals surface area contributed by atoms with Crippen molar-refractivity contribution in [3.8, 4) is 16.9 Å². The number of methoxy groups -OCH3 is 1. The van der Waals surface area contributed by atoms with Gasteiger partial charge in [-0.3, -0.25) is 14.2 Å². The highest BCUT2D eigenvalue weighted by atomic mass is 32.1. The molecule has 10 heteroatoms. The van der Waals surface area contributed by atoms with Crippen LogP contribution in [0, 0.1) is 0 Å². The SMILES string of the molecule is CCOC(=O)c1c(NC(=O)Cn2cnc3scc(-c4ccc(OC)cc4)c3c2=O)sc2c1CCCC2. The molecule has 8 nitrogen and oxygen atoms in total. The van der Waals surface area contributed by atoms with Gasteiger partial charge < -0.3 is 14.8 Å². The van der Waals surface area contributed by atoms with E-state index in [0.717, 1.165) is 53.0 Å². The number of nitrogens with one attached hydrogen (secondary N) is 1. The number of benzene rings is 1. The van der Waals surface area contributed by atoms with Crippen molar-refractivity contribution < 1.29 is 19.1 Å². The second kappa shape index (κ2) is 10.2. The molecular weight excluding hydrogens is 498 g/mol. The molecule has 186 valence electrons. The first-order chi connectivity index (χ1) is 17.5. The number of fused-ring (bicyclic) bond motifs is 2. The fraction of sp³-hybridized carbons (Fsp3) is 0.308. The van der Waals surface area contributed by atoms with Gasteiger partial charge in [-0.2, -0.15) is 0 Å². The van der Waals surface area contributed by atoms with Crippen LogP contribution in [0.3, 0.4) is 0 Å². The summed E-state index contributed by atoms with van der Waals surface area (Å²) >= 11 is 2.80. The van der Waals surface area contributed by atoms with Crippen LogP contribution in [0.1, 0.15) is 40.6 Å². The van der Waals surface area contributed by atoms with E-state index in [0.29, 0.717) is 20.8 Å². The van der Waals surface area contributed by atoms with Crippen molar-refractivity contribution in [2.45, 2.75) is 39.2 Å². The Morgan fingerprint density at radius 2 is 1.94 bits per heavy atom. The lowest BCUT2D eigenvalue weighted by atomic mass is 9.95. The van der Waals surface area contributed by atoms with E-state index in [1.165, 1.54) is 33.6 Å². The van der Waals surface area contributed by atoms with E-state index >= 15 is 0 Å². The number of thiophene rings is 2. The second-order valence-corrected chi connectivity index (χ2v) is 10.4. The third kappa shape index (κ3) is 4.54. The monoisotopic (exact) mass is 523 g/mol. The van der Waals surface area contributed by atoms with Gasteiger partial charge in [0.15, 0.2) is 0 Å². The summed E-state index contributed by atoms with van der Waals surface area (Å²) in [5, 5.41) is 5.72. The Balaban J connectivity index is 1.43. The van der Waals surface area contributed by atoms with E-state index in [9.17, 15) is 14.4 Å². The van der Waals surface area contributed by atoms with Crippen LogP contribution < -0.4 is 15.6 Å². The molecule has 0 radical (unpaired) electrons. The van der Waals surface area contributed by atoms with Gasteiger partial charge >= 0.3 is 5.97 Å². The minimum Gasteiger partial charge on any atom is -0.497 e. The molecular formula is C26H25N3O5S2. The van der Waals surface area contributed by atoms with Gasteiger partial charge in [0.05, 0.1) is 31.0 Å². The normalized spacial score (nSPS) is 12.8. The van der Waals surface area contributed by atoms with Crippen LogP contribution >= 0.6 is 22.7 Å². The van der Waals surface area contributed by atoms with Crippen molar-refractivity contribution in [3.05, 3.63) is 62.3 Å². The molecule has 0 fully saturated rings. The number of ether oxygens (including phenoxy) is 2. The van der Waals surface area contributed by atoms with Crippen molar-refractivity contribution in [3.63, 3.8) is 0 Å². The van der Waals surface area contributed by atoms with Gasteiger partial charge in [-0.25, -0.2) is 9.78 Å². The van der Waals surface area contributed by atoms with Crippen LogP contribution in [-0.4, -0.2) is 35.1 Å². The Morgan fingerprint density at radius 3 is 2.69 bits per heavy atom. The first-order valence-corrected chi connectivity index (χ1v) is 13.4. The van der Waals surface area contributed by atoms with Gasteiger partial charge in [-0.1, -0.05) is 12.1 Å². The molecule has 1 aliphatic carbocycles. The maximum Gasteiger partial charge on any atom is 0.341 e. The minimum absolute atomic E-state index is 0.218. The summed E-state index contributed by atoms with van der Waals surface area (Å²) in [5.74, 6) is -0.0959. The molecule has 3 aromatic heterocycles. The first-order valence-electron chi connectivity index (χ1n) is 11.7. The Labute approximate surface area is 215 Å². The molecule has 1 aromatic carbocycles. The molecule has 1 aliphatic rings. The van der Waals surface area contributed by atoms with Gasteiger partial charge in [0.25, 0.3) is 5.56 Å². The number of carbonyl (C=O) groups is 2.